The Kier molecular flexibility index (Phi) is 7.55. The number of hydrogen-bond acceptors (Lipinski definition) is 7. The van der Waals surface area contributed by atoms with Gasteiger partial charge in [-0.2, -0.15) is 8.75 Å². The molecule has 7 heteroatoms. The second-order valence-electron chi connectivity index (χ2n) is 12.9. The fraction of sp³-hybridized carbons (Fsp3) is 0. The Morgan fingerprint density at radius 3 is 1.45 bits per heavy atom. The molecule has 0 unspecified atom stereocenters. The van der Waals surface area contributed by atoms with Crippen LogP contribution in [0, 0.1) is 0 Å². The number of aromatic nitrogens is 6. The minimum Gasteiger partial charge on any atom is -0.247 e. The first-order valence-electron chi connectivity index (χ1n) is 17.4. The molecule has 0 atom stereocenters. The molecule has 0 radical (unpaired) electrons. The van der Waals surface area contributed by atoms with E-state index in [9.17, 15) is 0 Å². The Hall–Kier alpha value is -6.96. The Balaban J connectivity index is 1.25. The van der Waals surface area contributed by atoms with E-state index in [1.165, 1.54) is 11.7 Å². The van der Waals surface area contributed by atoms with Crippen LogP contribution in [0.3, 0.4) is 0 Å². The van der Waals surface area contributed by atoms with Crippen LogP contribution in [0.5, 0.6) is 0 Å². The first-order valence-corrected chi connectivity index (χ1v) is 18.1. The number of para-hydroxylation sites is 1. The van der Waals surface area contributed by atoms with Gasteiger partial charge in [-0.1, -0.05) is 146 Å². The second kappa shape index (κ2) is 13.0. The molecule has 6 nitrogen and oxygen atoms in total. The van der Waals surface area contributed by atoms with Crippen LogP contribution in [0.4, 0.5) is 0 Å². The molecule has 0 saturated carbocycles. The highest BCUT2D eigenvalue weighted by Gasteiger charge is 2.22. The minimum atomic E-state index is 0.520. The van der Waals surface area contributed by atoms with Crippen molar-refractivity contribution in [3.05, 3.63) is 170 Å². The van der Waals surface area contributed by atoms with Crippen LogP contribution in [-0.4, -0.2) is 28.7 Å². The molecule has 3 aromatic heterocycles. The van der Waals surface area contributed by atoms with Crippen molar-refractivity contribution >= 4 is 44.4 Å². The number of rotatable bonds is 6. The monoisotopic (exact) mass is 696 g/mol. The van der Waals surface area contributed by atoms with E-state index in [0.717, 1.165) is 82.9 Å². The Morgan fingerprint density at radius 2 is 0.830 bits per heavy atom. The summed E-state index contributed by atoms with van der Waals surface area (Å²) in [5, 5.41) is 3.01. The fourth-order valence-corrected chi connectivity index (χ4v) is 7.61. The quantitative estimate of drug-likeness (QED) is 0.161. The lowest BCUT2D eigenvalue weighted by molar-refractivity contribution is 1.08. The van der Waals surface area contributed by atoms with Gasteiger partial charge in [0, 0.05) is 38.4 Å². The average molecular weight is 697 g/mol. The summed E-state index contributed by atoms with van der Waals surface area (Å²) in [4.78, 5) is 20.8. The van der Waals surface area contributed by atoms with Crippen molar-refractivity contribution in [3.8, 4) is 67.7 Å². The van der Waals surface area contributed by atoms with Gasteiger partial charge in [0.25, 0.3) is 0 Å². The molecule has 0 fully saturated rings. The zero-order valence-corrected chi connectivity index (χ0v) is 29.1. The average Bonchev–Trinajstić information content (AvgIpc) is 3.74. The van der Waals surface area contributed by atoms with Crippen LogP contribution >= 0.6 is 11.7 Å². The maximum atomic E-state index is 5.21. The third-order valence-corrected chi connectivity index (χ3v) is 10.1. The predicted molar refractivity (Wildman–Crippen MR) is 216 cm³/mol. The first-order chi connectivity index (χ1) is 26.3. The molecule has 10 aromatic rings. The molecule has 0 saturated heterocycles. The molecule has 0 amide bonds. The van der Waals surface area contributed by atoms with Gasteiger partial charge in [-0.3, -0.25) is 0 Å². The number of fused-ring (bicyclic) bond motifs is 5. The van der Waals surface area contributed by atoms with Gasteiger partial charge in [0.15, 0.2) is 17.5 Å². The third kappa shape index (κ3) is 5.60. The zero-order chi connectivity index (χ0) is 35.1. The van der Waals surface area contributed by atoms with Crippen LogP contribution in [0.25, 0.3) is 100 Å². The molecule has 0 aliphatic heterocycles. The fourth-order valence-electron chi connectivity index (χ4n) is 7.04. The normalized spacial score (nSPS) is 11.4. The standard InChI is InChI=1S/C46H28N6S/c1-4-14-29(15-5-1)32-20-12-22-34(26-32)44-48-45(35-23-13-21-33(27-35)30-16-6-2-7-17-30)50-46(49-44)38-28-37-40(43-42(38)51-53-52-43)36-24-10-11-25-39(36)47-41(37)31-18-8-3-9-19-31/h1-28H. The molecular formula is C46H28N6S. The predicted octanol–water partition coefficient (Wildman–Crippen LogP) is 11.6. The SMILES string of the molecule is c1ccc(-c2cccc(-c3nc(-c4cccc(-c5ccccc5)c4)nc(-c4cc5c(-c6ccccc6)nc6ccccc6c5c5nsnc45)n3)c2)cc1. The van der Waals surface area contributed by atoms with Gasteiger partial charge >= 0.3 is 0 Å². The first kappa shape index (κ1) is 30.8. The van der Waals surface area contributed by atoms with Crippen LogP contribution in [0.1, 0.15) is 0 Å². The molecule has 7 aromatic carbocycles. The van der Waals surface area contributed by atoms with Gasteiger partial charge in [0.1, 0.15) is 11.0 Å². The van der Waals surface area contributed by atoms with Crippen molar-refractivity contribution in [1.82, 2.24) is 28.7 Å². The van der Waals surface area contributed by atoms with Crippen molar-refractivity contribution in [2.24, 2.45) is 0 Å². The molecule has 53 heavy (non-hydrogen) atoms. The second-order valence-corrected chi connectivity index (χ2v) is 13.4. The van der Waals surface area contributed by atoms with Crippen LogP contribution in [-0.2, 0) is 0 Å². The molecule has 10 rings (SSSR count). The lowest BCUT2D eigenvalue weighted by Crippen LogP contribution is -2.01. The Labute approximate surface area is 309 Å². The molecule has 0 bridgehead atoms. The number of pyridine rings is 1. The summed E-state index contributed by atoms with van der Waals surface area (Å²) in [6.07, 6.45) is 0. The maximum Gasteiger partial charge on any atom is 0.166 e. The summed E-state index contributed by atoms with van der Waals surface area (Å²) in [5.74, 6) is 1.67. The molecule has 0 aliphatic rings. The molecule has 3 heterocycles. The van der Waals surface area contributed by atoms with Gasteiger partial charge in [-0.15, -0.1) is 0 Å². The van der Waals surface area contributed by atoms with Crippen LogP contribution in [0.2, 0.25) is 0 Å². The van der Waals surface area contributed by atoms with Crippen LogP contribution < -0.4 is 0 Å². The Bertz CT molecular complexity index is 2840. The van der Waals surface area contributed by atoms with Crippen molar-refractivity contribution < 1.29 is 0 Å². The summed E-state index contributed by atoms with van der Waals surface area (Å²) in [7, 11) is 0. The molecule has 0 N–H and O–H groups in total. The van der Waals surface area contributed by atoms with Crippen molar-refractivity contribution in [1.29, 1.82) is 0 Å². The smallest absolute Gasteiger partial charge is 0.166 e. The summed E-state index contributed by atoms with van der Waals surface area (Å²) in [6, 6.07) is 58.1. The van der Waals surface area contributed by atoms with E-state index in [2.05, 4.69) is 127 Å². The largest absolute Gasteiger partial charge is 0.247 e. The van der Waals surface area contributed by atoms with Crippen molar-refractivity contribution in [2.75, 3.05) is 0 Å². The summed E-state index contributed by atoms with van der Waals surface area (Å²) in [5.41, 5.74) is 11.3. The van der Waals surface area contributed by atoms with Gasteiger partial charge in [-0.25, -0.2) is 19.9 Å². The minimum absolute atomic E-state index is 0.520. The van der Waals surface area contributed by atoms with E-state index in [1.54, 1.807) is 0 Å². The topological polar surface area (TPSA) is 77.3 Å². The van der Waals surface area contributed by atoms with E-state index in [0.29, 0.717) is 17.5 Å². The van der Waals surface area contributed by atoms with Gasteiger partial charge < -0.3 is 0 Å². The van der Waals surface area contributed by atoms with E-state index in [4.69, 9.17) is 28.7 Å². The van der Waals surface area contributed by atoms with Crippen molar-refractivity contribution in [3.63, 3.8) is 0 Å². The zero-order valence-electron chi connectivity index (χ0n) is 28.3. The molecule has 0 spiro atoms. The molecule has 248 valence electrons. The highest BCUT2D eigenvalue weighted by molar-refractivity contribution is 7.00. The van der Waals surface area contributed by atoms with E-state index in [-0.39, 0.29) is 0 Å². The van der Waals surface area contributed by atoms with E-state index in [1.807, 2.05) is 42.5 Å². The molecule has 0 aliphatic carbocycles. The number of benzene rings is 7. The van der Waals surface area contributed by atoms with Gasteiger partial charge in [-0.05, 0) is 46.5 Å². The highest BCUT2D eigenvalue weighted by Crippen LogP contribution is 2.41. The third-order valence-electron chi connectivity index (χ3n) is 9.58. The lowest BCUT2D eigenvalue weighted by Gasteiger charge is -2.14. The van der Waals surface area contributed by atoms with Gasteiger partial charge in [0.2, 0.25) is 0 Å². The summed E-state index contributed by atoms with van der Waals surface area (Å²) >= 11 is 1.20. The Morgan fingerprint density at radius 1 is 0.340 bits per heavy atom. The number of nitrogens with zero attached hydrogens (tertiary/aromatic N) is 6. The van der Waals surface area contributed by atoms with E-state index < -0.39 is 0 Å². The maximum absolute atomic E-state index is 5.21. The van der Waals surface area contributed by atoms with Gasteiger partial charge in [0.05, 0.1) is 22.9 Å². The van der Waals surface area contributed by atoms with Crippen molar-refractivity contribution in [2.45, 2.75) is 0 Å². The summed E-state index contributed by atoms with van der Waals surface area (Å²) in [6.45, 7) is 0. The summed E-state index contributed by atoms with van der Waals surface area (Å²) < 4.78 is 9.78. The lowest BCUT2D eigenvalue weighted by atomic mass is 9.96. The van der Waals surface area contributed by atoms with E-state index >= 15 is 0 Å². The molecular weight excluding hydrogens is 669 g/mol. The number of hydrogen-bond donors (Lipinski definition) is 0. The highest BCUT2D eigenvalue weighted by atomic mass is 32.1. The van der Waals surface area contributed by atoms with Crippen LogP contribution in [0.15, 0.2) is 170 Å².